The third-order valence-corrected chi connectivity index (χ3v) is 4.79. The molecule has 7 nitrogen and oxygen atoms in total. The summed E-state index contributed by atoms with van der Waals surface area (Å²) in [4.78, 5) is 26.1. The maximum Gasteiger partial charge on any atom is 0.265 e. The second-order valence-corrected chi connectivity index (χ2v) is 6.77. The molecular weight excluding hydrogens is 398 g/mol. The van der Waals surface area contributed by atoms with Gasteiger partial charge in [0.15, 0.2) is 11.9 Å². The van der Waals surface area contributed by atoms with E-state index < -0.39 is 12.0 Å². The standard InChI is InChI=1S/C24H21NO6/c1-3-17(24(27)25-16-10-5-7-12-19(16)28-2)30-23-21(26)15-9-4-6-11-18(15)31-22(23)20-13-8-14-29-20/h4-14,17H,3H2,1-2H3,(H,25,27). The van der Waals surface area contributed by atoms with Crippen LogP contribution in [0, 0.1) is 0 Å². The van der Waals surface area contributed by atoms with Crippen LogP contribution in [-0.4, -0.2) is 19.1 Å². The molecule has 1 atom stereocenters. The van der Waals surface area contributed by atoms with Crippen LogP contribution in [0.15, 0.2) is 80.6 Å². The topological polar surface area (TPSA) is 90.9 Å². The summed E-state index contributed by atoms with van der Waals surface area (Å²) in [6.07, 6.45) is 0.855. The summed E-state index contributed by atoms with van der Waals surface area (Å²) in [5.41, 5.74) is 0.531. The lowest BCUT2D eigenvalue weighted by atomic mass is 10.1. The van der Waals surface area contributed by atoms with E-state index in [4.69, 9.17) is 18.3 Å². The molecule has 0 radical (unpaired) electrons. The maximum absolute atomic E-state index is 13.2. The molecule has 2 heterocycles. The van der Waals surface area contributed by atoms with E-state index in [0.29, 0.717) is 34.6 Å². The fourth-order valence-electron chi connectivity index (χ4n) is 3.23. The van der Waals surface area contributed by atoms with Gasteiger partial charge in [-0.15, -0.1) is 0 Å². The lowest BCUT2D eigenvalue weighted by Crippen LogP contribution is -2.34. The second-order valence-electron chi connectivity index (χ2n) is 6.77. The number of carbonyl (C=O) groups excluding carboxylic acids is 1. The average molecular weight is 419 g/mol. The Kier molecular flexibility index (Phi) is 5.75. The summed E-state index contributed by atoms with van der Waals surface area (Å²) in [6, 6.07) is 17.2. The van der Waals surface area contributed by atoms with Gasteiger partial charge in [0, 0.05) is 0 Å². The number of ether oxygens (including phenoxy) is 2. The molecule has 0 saturated heterocycles. The first-order chi connectivity index (χ1) is 15.1. The van der Waals surface area contributed by atoms with Gasteiger partial charge < -0.3 is 23.6 Å². The zero-order valence-corrected chi connectivity index (χ0v) is 17.1. The number of fused-ring (bicyclic) bond motifs is 1. The number of nitrogens with one attached hydrogen (secondary N) is 1. The van der Waals surface area contributed by atoms with E-state index >= 15 is 0 Å². The van der Waals surface area contributed by atoms with Crippen molar-refractivity contribution in [3.63, 3.8) is 0 Å². The molecule has 1 N–H and O–H groups in total. The highest BCUT2D eigenvalue weighted by Crippen LogP contribution is 2.32. The summed E-state index contributed by atoms with van der Waals surface area (Å²) in [5.74, 6) is 0.503. The number of carbonyl (C=O) groups is 1. The Morgan fingerprint density at radius 2 is 1.84 bits per heavy atom. The van der Waals surface area contributed by atoms with Crippen LogP contribution >= 0.6 is 0 Å². The van der Waals surface area contributed by atoms with Gasteiger partial charge >= 0.3 is 0 Å². The summed E-state index contributed by atoms with van der Waals surface area (Å²) < 4.78 is 22.6. The van der Waals surface area contributed by atoms with Crippen molar-refractivity contribution in [1.82, 2.24) is 0 Å². The van der Waals surface area contributed by atoms with Gasteiger partial charge in [0.25, 0.3) is 5.91 Å². The Bertz CT molecular complexity index is 1260. The molecule has 0 spiro atoms. The van der Waals surface area contributed by atoms with Crippen LogP contribution in [0.1, 0.15) is 13.3 Å². The first-order valence-corrected chi connectivity index (χ1v) is 9.82. The molecule has 1 amide bonds. The maximum atomic E-state index is 13.2. The first kappa shape index (κ1) is 20.3. The molecule has 0 aliphatic rings. The molecule has 0 aliphatic heterocycles. The quantitative estimate of drug-likeness (QED) is 0.460. The van der Waals surface area contributed by atoms with Gasteiger partial charge in [-0.1, -0.05) is 31.2 Å². The number of hydrogen-bond acceptors (Lipinski definition) is 6. The van der Waals surface area contributed by atoms with Gasteiger partial charge in [0.1, 0.15) is 11.3 Å². The predicted molar refractivity (Wildman–Crippen MR) is 117 cm³/mol. The van der Waals surface area contributed by atoms with Crippen LogP contribution in [0.2, 0.25) is 0 Å². The molecule has 0 aliphatic carbocycles. The molecule has 4 aromatic rings. The number of anilines is 1. The average Bonchev–Trinajstić information content (AvgIpc) is 3.33. The Hall–Kier alpha value is -4.00. The summed E-state index contributed by atoms with van der Waals surface area (Å²) >= 11 is 0. The normalized spacial score (nSPS) is 11.8. The number of benzene rings is 2. The molecule has 158 valence electrons. The smallest absolute Gasteiger partial charge is 0.265 e. The third-order valence-electron chi connectivity index (χ3n) is 4.79. The first-order valence-electron chi connectivity index (χ1n) is 9.82. The highest BCUT2D eigenvalue weighted by molar-refractivity contribution is 5.95. The van der Waals surface area contributed by atoms with Crippen LogP contribution in [-0.2, 0) is 4.79 Å². The molecule has 2 aromatic carbocycles. The monoisotopic (exact) mass is 419 g/mol. The van der Waals surface area contributed by atoms with Crippen LogP contribution in [0.3, 0.4) is 0 Å². The molecule has 0 saturated carbocycles. The van der Waals surface area contributed by atoms with E-state index in [1.165, 1.54) is 13.4 Å². The van der Waals surface area contributed by atoms with Crippen molar-refractivity contribution in [2.24, 2.45) is 0 Å². The van der Waals surface area contributed by atoms with Crippen molar-refractivity contribution in [1.29, 1.82) is 0 Å². The van der Waals surface area contributed by atoms with E-state index in [0.717, 1.165) is 0 Å². The van der Waals surface area contributed by atoms with Gasteiger partial charge in [-0.05, 0) is 42.8 Å². The number of hydrogen-bond donors (Lipinski definition) is 1. The van der Waals surface area contributed by atoms with Crippen molar-refractivity contribution in [2.45, 2.75) is 19.4 Å². The summed E-state index contributed by atoms with van der Waals surface area (Å²) in [7, 11) is 1.52. The lowest BCUT2D eigenvalue weighted by molar-refractivity contribution is -0.122. The van der Waals surface area contributed by atoms with Gasteiger partial charge in [-0.3, -0.25) is 9.59 Å². The number of amides is 1. The number of methoxy groups -OCH3 is 1. The van der Waals surface area contributed by atoms with E-state index in [1.807, 2.05) is 0 Å². The highest BCUT2D eigenvalue weighted by Gasteiger charge is 2.26. The van der Waals surface area contributed by atoms with Crippen LogP contribution in [0.25, 0.3) is 22.5 Å². The minimum atomic E-state index is -0.942. The van der Waals surface area contributed by atoms with Crippen molar-refractivity contribution in [3.8, 4) is 23.0 Å². The number of para-hydroxylation sites is 3. The Labute approximate surface area is 178 Å². The minimum Gasteiger partial charge on any atom is -0.495 e. The van der Waals surface area contributed by atoms with Crippen LogP contribution in [0.4, 0.5) is 5.69 Å². The summed E-state index contributed by atoms with van der Waals surface area (Å²) in [6.45, 7) is 1.79. The number of furan rings is 1. The fraction of sp³-hybridized carbons (Fsp3) is 0.167. The Morgan fingerprint density at radius 1 is 1.06 bits per heavy atom. The van der Waals surface area contributed by atoms with E-state index in [2.05, 4.69) is 5.32 Å². The van der Waals surface area contributed by atoms with Gasteiger partial charge in [-0.25, -0.2) is 0 Å². The Morgan fingerprint density at radius 3 is 2.58 bits per heavy atom. The highest BCUT2D eigenvalue weighted by atomic mass is 16.5. The van der Waals surface area contributed by atoms with E-state index in [9.17, 15) is 9.59 Å². The molecule has 7 heteroatoms. The molecular formula is C24H21NO6. The van der Waals surface area contributed by atoms with Crippen molar-refractivity contribution in [2.75, 3.05) is 12.4 Å². The van der Waals surface area contributed by atoms with Gasteiger partial charge in [0.05, 0.1) is 24.4 Å². The predicted octanol–water partition coefficient (Wildman–Crippen LogP) is 4.86. The second kappa shape index (κ2) is 8.79. The molecule has 0 bridgehead atoms. The largest absolute Gasteiger partial charge is 0.495 e. The van der Waals surface area contributed by atoms with Crippen molar-refractivity contribution >= 4 is 22.6 Å². The summed E-state index contributed by atoms with van der Waals surface area (Å²) in [5, 5.41) is 3.15. The van der Waals surface area contributed by atoms with Crippen molar-refractivity contribution in [3.05, 3.63) is 77.2 Å². The van der Waals surface area contributed by atoms with E-state index in [1.54, 1.807) is 67.6 Å². The molecule has 31 heavy (non-hydrogen) atoms. The minimum absolute atomic E-state index is 0.0734. The van der Waals surface area contributed by atoms with E-state index in [-0.39, 0.29) is 16.9 Å². The number of rotatable bonds is 7. The van der Waals surface area contributed by atoms with Crippen LogP contribution in [0.5, 0.6) is 11.5 Å². The van der Waals surface area contributed by atoms with Crippen LogP contribution < -0.4 is 20.2 Å². The van der Waals surface area contributed by atoms with Gasteiger partial charge in [0.2, 0.25) is 16.9 Å². The lowest BCUT2D eigenvalue weighted by Gasteiger charge is -2.19. The Balaban J connectivity index is 1.72. The molecule has 0 fully saturated rings. The SMILES string of the molecule is CCC(Oc1c(-c2ccco2)oc2ccccc2c1=O)C(=O)Nc1ccccc1OC. The third kappa shape index (κ3) is 4.02. The molecule has 2 aromatic heterocycles. The zero-order chi connectivity index (χ0) is 21.8. The molecule has 4 rings (SSSR count). The molecule has 1 unspecified atom stereocenters. The van der Waals surface area contributed by atoms with Crippen molar-refractivity contribution < 1.29 is 23.1 Å². The van der Waals surface area contributed by atoms with Gasteiger partial charge in [-0.2, -0.15) is 0 Å². The fourth-order valence-corrected chi connectivity index (χ4v) is 3.23. The zero-order valence-electron chi connectivity index (χ0n) is 17.1.